The van der Waals surface area contributed by atoms with E-state index in [4.69, 9.17) is 0 Å². The van der Waals surface area contributed by atoms with Crippen molar-refractivity contribution in [3.05, 3.63) is 43.0 Å². The molecular formula is C19H18N6O. The quantitative estimate of drug-likeness (QED) is 0.527. The molecule has 3 heterocycles. The summed E-state index contributed by atoms with van der Waals surface area (Å²) in [5.74, 6) is 0.579. The molecule has 7 nitrogen and oxygen atoms in total. The van der Waals surface area contributed by atoms with Gasteiger partial charge in [0, 0.05) is 41.8 Å². The minimum atomic E-state index is -0.569. The van der Waals surface area contributed by atoms with Gasteiger partial charge in [-0.25, -0.2) is 4.98 Å². The minimum Gasteiger partial charge on any atom is -0.390 e. The SMILES string of the molecule is C[C@]1(O)C[C@@H](Nc2ncc3c(-c4ccc5nccnc5c4)c[nH]c3n2)C1. The molecule has 0 bridgehead atoms. The van der Waals surface area contributed by atoms with Crippen molar-refractivity contribution in [1.29, 1.82) is 0 Å². The van der Waals surface area contributed by atoms with Crippen LogP contribution < -0.4 is 5.32 Å². The van der Waals surface area contributed by atoms with E-state index in [0.29, 0.717) is 18.8 Å². The summed E-state index contributed by atoms with van der Waals surface area (Å²) in [6, 6.07) is 6.24. The zero-order valence-electron chi connectivity index (χ0n) is 14.3. The fourth-order valence-corrected chi connectivity index (χ4v) is 3.63. The lowest BCUT2D eigenvalue weighted by Gasteiger charge is -2.41. The fourth-order valence-electron chi connectivity index (χ4n) is 3.63. The lowest BCUT2D eigenvalue weighted by molar-refractivity contribution is -0.0235. The van der Waals surface area contributed by atoms with E-state index >= 15 is 0 Å². The van der Waals surface area contributed by atoms with Crippen LogP contribution in [0.2, 0.25) is 0 Å². The molecule has 3 N–H and O–H groups in total. The van der Waals surface area contributed by atoms with Crippen molar-refractivity contribution in [3.63, 3.8) is 0 Å². The number of anilines is 1. The summed E-state index contributed by atoms with van der Waals surface area (Å²) in [6.07, 6.45) is 8.58. The summed E-state index contributed by atoms with van der Waals surface area (Å²) >= 11 is 0. The van der Waals surface area contributed by atoms with E-state index in [0.717, 1.165) is 33.2 Å². The number of nitrogens with zero attached hydrogens (tertiary/aromatic N) is 4. The molecule has 3 aromatic heterocycles. The molecule has 0 saturated heterocycles. The highest BCUT2D eigenvalue weighted by Gasteiger charge is 2.38. The lowest BCUT2D eigenvalue weighted by Crippen LogP contribution is -2.48. The first kappa shape index (κ1) is 15.2. The fraction of sp³-hybridized carbons (Fsp3) is 0.263. The van der Waals surface area contributed by atoms with Crippen molar-refractivity contribution in [2.45, 2.75) is 31.4 Å². The van der Waals surface area contributed by atoms with Crippen LogP contribution in [0.1, 0.15) is 19.8 Å². The highest BCUT2D eigenvalue weighted by Crippen LogP contribution is 2.34. The van der Waals surface area contributed by atoms with Gasteiger partial charge in [-0.1, -0.05) is 6.07 Å². The first-order valence-corrected chi connectivity index (χ1v) is 8.62. The zero-order chi connectivity index (χ0) is 17.7. The predicted octanol–water partition coefficient (Wildman–Crippen LogP) is 2.89. The molecular weight excluding hydrogens is 328 g/mol. The molecule has 130 valence electrons. The Balaban J connectivity index is 1.47. The van der Waals surface area contributed by atoms with Crippen molar-refractivity contribution >= 4 is 28.0 Å². The van der Waals surface area contributed by atoms with E-state index in [1.807, 2.05) is 37.5 Å². The van der Waals surface area contributed by atoms with Crippen molar-refractivity contribution in [1.82, 2.24) is 24.9 Å². The number of aromatic amines is 1. The second-order valence-electron chi connectivity index (χ2n) is 7.16. The van der Waals surface area contributed by atoms with E-state index in [1.165, 1.54) is 0 Å². The molecule has 4 aromatic rings. The van der Waals surface area contributed by atoms with E-state index in [-0.39, 0.29) is 6.04 Å². The van der Waals surface area contributed by atoms with Crippen LogP contribution in [-0.2, 0) is 0 Å². The zero-order valence-corrected chi connectivity index (χ0v) is 14.3. The Kier molecular flexibility index (Phi) is 3.20. The van der Waals surface area contributed by atoms with E-state index in [2.05, 4.69) is 30.2 Å². The Labute approximate surface area is 149 Å². The summed E-state index contributed by atoms with van der Waals surface area (Å²) in [4.78, 5) is 20.9. The summed E-state index contributed by atoms with van der Waals surface area (Å²) < 4.78 is 0. The first-order chi connectivity index (χ1) is 12.6. The van der Waals surface area contributed by atoms with Gasteiger partial charge < -0.3 is 15.4 Å². The summed E-state index contributed by atoms with van der Waals surface area (Å²) in [5.41, 5.74) is 4.02. The molecule has 1 aliphatic carbocycles. The molecule has 1 fully saturated rings. The Morgan fingerprint density at radius 2 is 1.96 bits per heavy atom. The Morgan fingerprint density at radius 1 is 1.15 bits per heavy atom. The standard InChI is InChI=1S/C19H18N6O/c1-19(26)7-12(8-19)24-18-23-10-14-13(9-22-17(14)25-18)11-2-3-15-16(6-11)21-5-4-20-15/h2-6,9-10,12,26H,7-8H2,1H3,(H2,22,23,24,25)/t12-,19+. The van der Waals surface area contributed by atoms with Gasteiger partial charge in [0.05, 0.1) is 16.6 Å². The normalized spacial score (nSPS) is 22.5. The molecule has 0 spiro atoms. The van der Waals surface area contributed by atoms with Crippen LogP contribution in [0.3, 0.4) is 0 Å². The molecule has 0 radical (unpaired) electrons. The van der Waals surface area contributed by atoms with Crippen LogP contribution in [-0.4, -0.2) is 41.7 Å². The van der Waals surface area contributed by atoms with Crippen molar-refractivity contribution < 1.29 is 5.11 Å². The monoisotopic (exact) mass is 346 g/mol. The summed E-state index contributed by atoms with van der Waals surface area (Å²) in [7, 11) is 0. The average Bonchev–Trinajstić information content (AvgIpc) is 3.03. The molecule has 0 unspecified atom stereocenters. The van der Waals surface area contributed by atoms with Crippen LogP contribution in [0, 0.1) is 0 Å². The number of hydrogen-bond donors (Lipinski definition) is 3. The summed E-state index contributed by atoms with van der Waals surface area (Å²) in [5, 5.41) is 14.1. The number of H-pyrrole nitrogens is 1. The van der Waals surface area contributed by atoms with Gasteiger partial charge in [-0.2, -0.15) is 4.98 Å². The number of rotatable bonds is 3. The second kappa shape index (κ2) is 5.47. The molecule has 7 heteroatoms. The molecule has 1 aliphatic rings. The van der Waals surface area contributed by atoms with Crippen LogP contribution in [0.5, 0.6) is 0 Å². The third-order valence-electron chi connectivity index (χ3n) is 4.92. The molecule has 26 heavy (non-hydrogen) atoms. The molecule has 5 rings (SSSR count). The van der Waals surface area contributed by atoms with Crippen LogP contribution in [0.4, 0.5) is 5.95 Å². The highest BCUT2D eigenvalue weighted by atomic mass is 16.3. The van der Waals surface area contributed by atoms with E-state index in [1.54, 1.807) is 12.4 Å². The lowest BCUT2D eigenvalue weighted by atomic mass is 9.77. The predicted molar refractivity (Wildman–Crippen MR) is 99.7 cm³/mol. The molecule has 0 aliphatic heterocycles. The number of hydrogen-bond acceptors (Lipinski definition) is 6. The topological polar surface area (TPSA) is 99.6 Å². The van der Waals surface area contributed by atoms with Crippen LogP contribution in [0.15, 0.2) is 43.0 Å². The maximum absolute atomic E-state index is 9.84. The average molecular weight is 346 g/mol. The van der Waals surface area contributed by atoms with Crippen molar-refractivity contribution in [2.24, 2.45) is 0 Å². The van der Waals surface area contributed by atoms with Gasteiger partial charge in [-0.15, -0.1) is 0 Å². The highest BCUT2D eigenvalue weighted by molar-refractivity contribution is 5.95. The largest absolute Gasteiger partial charge is 0.390 e. The van der Waals surface area contributed by atoms with Gasteiger partial charge in [0.25, 0.3) is 0 Å². The third kappa shape index (κ3) is 2.57. The number of fused-ring (bicyclic) bond motifs is 2. The number of benzene rings is 1. The van der Waals surface area contributed by atoms with Crippen molar-refractivity contribution in [2.75, 3.05) is 5.32 Å². The molecule has 0 atom stereocenters. The van der Waals surface area contributed by atoms with E-state index < -0.39 is 5.60 Å². The maximum Gasteiger partial charge on any atom is 0.224 e. The number of aromatic nitrogens is 5. The molecule has 1 aromatic carbocycles. The van der Waals surface area contributed by atoms with E-state index in [9.17, 15) is 5.11 Å². The van der Waals surface area contributed by atoms with Gasteiger partial charge in [0.15, 0.2) is 0 Å². The number of nitrogens with one attached hydrogen (secondary N) is 2. The van der Waals surface area contributed by atoms with Crippen molar-refractivity contribution in [3.8, 4) is 11.1 Å². The molecule has 0 amide bonds. The maximum atomic E-state index is 9.84. The Hall–Kier alpha value is -3.06. The third-order valence-corrected chi connectivity index (χ3v) is 4.92. The van der Waals surface area contributed by atoms with Crippen LogP contribution in [0.25, 0.3) is 33.2 Å². The number of aliphatic hydroxyl groups is 1. The Bertz CT molecular complexity index is 1110. The minimum absolute atomic E-state index is 0.218. The van der Waals surface area contributed by atoms with Crippen LogP contribution >= 0.6 is 0 Å². The van der Waals surface area contributed by atoms with Gasteiger partial charge in [0.1, 0.15) is 5.65 Å². The Morgan fingerprint density at radius 3 is 2.77 bits per heavy atom. The van der Waals surface area contributed by atoms with Gasteiger partial charge in [0.2, 0.25) is 5.95 Å². The second-order valence-corrected chi connectivity index (χ2v) is 7.16. The van der Waals surface area contributed by atoms with Gasteiger partial charge in [-0.05, 0) is 37.5 Å². The molecule has 1 saturated carbocycles. The first-order valence-electron chi connectivity index (χ1n) is 8.62. The van der Waals surface area contributed by atoms with Gasteiger partial charge in [-0.3, -0.25) is 9.97 Å². The smallest absolute Gasteiger partial charge is 0.224 e. The summed E-state index contributed by atoms with van der Waals surface area (Å²) in [6.45, 7) is 1.85. The van der Waals surface area contributed by atoms with Gasteiger partial charge >= 0.3 is 0 Å².